The molecule has 4 rings (SSSR count). The Balaban J connectivity index is 1.46. The maximum absolute atomic E-state index is 13.1. The van der Waals surface area contributed by atoms with Gasteiger partial charge in [0.15, 0.2) is 11.7 Å². The maximum atomic E-state index is 13.1. The van der Waals surface area contributed by atoms with Crippen molar-refractivity contribution in [2.75, 3.05) is 16.8 Å². The third-order valence-corrected chi connectivity index (χ3v) is 6.59. The Hall–Kier alpha value is -3.24. The first-order valence-electron chi connectivity index (χ1n) is 10.4. The van der Waals surface area contributed by atoms with Crippen molar-refractivity contribution in [3.8, 4) is 5.75 Å². The fourth-order valence-electron chi connectivity index (χ4n) is 3.27. The molecule has 182 valence electrons. The Morgan fingerprint density at radius 2 is 1.81 bits per heavy atom. The molecule has 0 atom stereocenters. The van der Waals surface area contributed by atoms with Gasteiger partial charge in [-0.3, -0.25) is 24.6 Å². The second kappa shape index (κ2) is 11.2. The lowest BCUT2D eigenvalue weighted by atomic mass is 10.1. The van der Waals surface area contributed by atoms with E-state index in [4.69, 9.17) is 40.2 Å². The summed E-state index contributed by atoms with van der Waals surface area (Å²) in [5.74, 6) is -1.13. The largest absolute Gasteiger partial charge is 0.483 e. The third-order valence-electron chi connectivity index (χ3n) is 4.95. The summed E-state index contributed by atoms with van der Waals surface area (Å²) in [4.78, 5) is 39.1. The van der Waals surface area contributed by atoms with Crippen molar-refractivity contribution in [3.05, 3.63) is 92.4 Å². The van der Waals surface area contributed by atoms with Gasteiger partial charge in [0.2, 0.25) is 0 Å². The van der Waals surface area contributed by atoms with Gasteiger partial charge in [-0.05, 0) is 82.3 Å². The number of thiocarbonyl (C=S) groups is 1. The number of nitrogens with one attached hydrogen (secondary N) is 2. The van der Waals surface area contributed by atoms with E-state index < -0.39 is 17.7 Å². The zero-order chi connectivity index (χ0) is 25.8. The van der Waals surface area contributed by atoms with Gasteiger partial charge in [-0.15, -0.1) is 0 Å². The SMILES string of the molecule is O=C(COc1ccc(/C=C2/C(=O)NC(=S)N(c3ccccc3)C2=O)cc1Br)Nc1ccc(Cl)c(Cl)c1. The molecule has 3 amide bonds. The van der Waals surface area contributed by atoms with Crippen molar-refractivity contribution in [2.24, 2.45) is 0 Å². The Morgan fingerprint density at radius 3 is 2.50 bits per heavy atom. The van der Waals surface area contributed by atoms with Crippen LogP contribution >= 0.6 is 51.3 Å². The van der Waals surface area contributed by atoms with E-state index in [1.54, 1.807) is 54.6 Å². The van der Waals surface area contributed by atoms with Crippen LogP contribution in [0, 0.1) is 0 Å². The van der Waals surface area contributed by atoms with Gasteiger partial charge in [-0.2, -0.15) is 0 Å². The predicted molar refractivity (Wildman–Crippen MR) is 147 cm³/mol. The van der Waals surface area contributed by atoms with Gasteiger partial charge in [-0.25, -0.2) is 0 Å². The molecule has 0 radical (unpaired) electrons. The minimum absolute atomic E-state index is 0.0115. The second-order valence-electron chi connectivity index (χ2n) is 7.45. The molecule has 1 saturated heterocycles. The van der Waals surface area contributed by atoms with Gasteiger partial charge in [0.1, 0.15) is 11.3 Å². The first-order valence-corrected chi connectivity index (χ1v) is 12.3. The molecule has 0 saturated carbocycles. The molecule has 7 nitrogen and oxygen atoms in total. The molecular formula is C25H16BrCl2N3O4S. The Labute approximate surface area is 230 Å². The fraction of sp³-hybridized carbons (Fsp3) is 0.0400. The van der Waals surface area contributed by atoms with Gasteiger partial charge in [-0.1, -0.05) is 47.5 Å². The number of benzene rings is 3. The van der Waals surface area contributed by atoms with Crippen LogP contribution in [0.15, 0.2) is 76.8 Å². The molecule has 0 bridgehead atoms. The number of ether oxygens (including phenoxy) is 1. The van der Waals surface area contributed by atoms with Crippen molar-refractivity contribution < 1.29 is 19.1 Å². The van der Waals surface area contributed by atoms with Gasteiger partial charge >= 0.3 is 0 Å². The highest BCUT2D eigenvalue weighted by Crippen LogP contribution is 2.29. The summed E-state index contributed by atoms with van der Waals surface area (Å²) in [6, 6.07) is 18.5. The lowest BCUT2D eigenvalue weighted by molar-refractivity contribution is -0.122. The minimum atomic E-state index is -0.590. The summed E-state index contributed by atoms with van der Waals surface area (Å²) in [6.45, 7) is -0.260. The number of hydrogen-bond donors (Lipinski definition) is 2. The van der Waals surface area contributed by atoms with Crippen LogP contribution in [0.5, 0.6) is 5.75 Å². The quantitative estimate of drug-likeness (QED) is 0.217. The highest BCUT2D eigenvalue weighted by molar-refractivity contribution is 9.10. The lowest BCUT2D eigenvalue weighted by Crippen LogP contribution is -2.54. The van der Waals surface area contributed by atoms with Crippen molar-refractivity contribution in [2.45, 2.75) is 0 Å². The van der Waals surface area contributed by atoms with Crippen LogP contribution in [-0.4, -0.2) is 29.4 Å². The van der Waals surface area contributed by atoms with Crippen LogP contribution in [0.25, 0.3) is 6.08 Å². The minimum Gasteiger partial charge on any atom is -0.483 e. The molecule has 1 heterocycles. The smallest absolute Gasteiger partial charge is 0.270 e. The lowest BCUT2D eigenvalue weighted by Gasteiger charge is -2.28. The zero-order valence-corrected chi connectivity index (χ0v) is 22.2. The average Bonchev–Trinajstić information content (AvgIpc) is 2.84. The van der Waals surface area contributed by atoms with E-state index >= 15 is 0 Å². The number of anilines is 2. The number of rotatable bonds is 6. The first kappa shape index (κ1) is 25.8. The summed E-state index contributed by atoms with van der Waals surface area (Å²) >= 11 is 20.4. The van der Waals surface area contributed by atoms with Gasteiger partial charge in [0, 0.05) is 5.69 Å². The molecule has 2 N–H and O–H groups in total. The van der Waals surface area contributed by atoms with E-state index in [1.165, 1.54) is 17.0 Å². The predicted octanol–water partition coefficient (Wildman–Crippen LogP) is 5.60. The van der Waals surface area contributed by atoms with E-state index in [2.05, 4.69) is 26.6 Å². The Bertz CT molecular complexity index is 1420. The van der Waals surface area contributed by atoms with Gasteiger partial charge < -0.3 is 10.1 Å². The molecule has 0 unspecified atom stereocenters. The summed E-state index contributed by atoms with van der Waals surface area (Å²) in [6.07, 6.45) is 1.46. The maximum Gasteiger partial charge on any atom is 0.270 e. The molecule has 0 aliphatic carbocycles. The fourth-order valence-corrected chi connectivity index (χ4v) is 4.36. The number of carbonyl (C=O) groups is 3. The van der Waals surface area contributed by atoms with E-state index in [9.17, 15) is 14.4 Å². The molecule has 36 heavy (non-hydrogen) atoms. The number of para-hydroxylation sites is 1. The van der Waals surface area contributed by atoms with Crippen molar-refractivity contribution >= 4 is 91.6 Å². The van der Waals surface area contributed by atoms with E-state index in [0.29, 0.717) is 37.2 Å². The van der Waals surface area contributed by atoms with Crippen LogP contribution in [0.4, 0.5) is 11.4 Å². The van der Waals surface area contributed by atoms with Crippen molar-refractivity contribution in [1.29, 1.82) is 0 Å². The molecule has 1 fully saturated rings. The van der Waals surface area contributed by atoms with Crippen LogP contribution in [0.2, 0.25) is 10.0 Å². The molecule has 1 aliphatic heterocycles. The molecule has 1 aliphatic rings. The monoisotopic (exact) mass is 603 g/mol. The molecular weight excluding hydrogens is 589 g/mol. The molecule has 3 aromatic carbocycles. The number of carbonyl (C=O) groups excluding carboxylic acids is 3. The zero-order valence-electron chi connectivity index (χ0n) is 18.3. The third kappa shape index (κ3) is 5.93. The highest BCUT2D eigenvalue weighted by atomic mass is 79.9. The summed E-state index contributed by atoms with van der Waals surface area (Å²) < 4.78 is 6.12. The summed E-state index contributed by atoms with van der Waals surface area (Å²) in [5, 5.41) is 5.93. The van der Waals surface area contributed by atoms with Gasteiger partial charge in [0.05, 0.1) is 20.2 Å². The summed E-state index contributed by atoms with van der Waals surface area (Å²) in [7, 11) is 0. The average molecular weight is 605 g/mol. The molecule has 0 spiro atoms. The van der Waals surface area contributed by atoms with Crippen LogP contribution in [-0.2, 0) is 14.4 Å². The second-order valence-corrected chi connectivity index (χ2v) is 9.50. The molecule has 11 heteroatoms. The standard InChI is InChI=1S/C25H16BrCl2N3O4S/c26-18-11-14(6-9-21(18)35-13-22(32)29-15-7-8-19(27)20(28)12-15)10-17-23(33)30-25(36)31(24(17)34)16-4-2-1-3-5-16/h1-12H,13H2,(H,29,32)(H,30,33,36)/b17-10-. The van der Waals surface area contributed by atoms with E-state index in [-0.39, 0.29) is 17.3 Å². The van der Waals surface area contributed by atoms with Crippen molar-refractivity contribution in [3.63, 3.8) is 0 Å². The first-order chi connectivity index (χ1) is 17.2. The number of hydrogen-bond acceptors (Lipinski definition) is 5. The van der Waals surface area contributed by atoms with Crippen molar-refractivity contribution in [1.82, 2.24) is 5.32 Å². The normalized spacial score (nSPS) is 14.6. The molecule has 3 aromatic rings. The van der Waals surface area contributed by atoms with Crippen LogP contribution in [0.3, 0.4) is 0 Å². The number of nitrogens with zero attached hydrogens (tertiary/aromatic N) is 1. The Morgan fingerprint density at radius 1 is 1.06 bits per heavy atom. The topological polar surface area (TPSA) is 87.7 Å². The Kier molecular flexibility index (Phi) is 8.05. The van der Waals surface area contributed by atoms with E-state index in [1.807, 2.05) is 6.07 Å². The number of amides is 3. The number of halogens is 3. The summed E-state index contributed by atoms with van der Waals surface area (Å²) in [5.41, 5.74) is 1.52. The molecule has 0 aromatic heterocycles. The van der Waals surface area contributed by atoms with Crippen LogP contribution in [0.1, 0.15) is 5.56 Å². The van der Waals surface area contributed by atoms with Gasteiger partial charge in [0.25, 0.3) is 17.7 Å². The van der Waals surface area contributed by atoms with E-state index in [0.717, 1.165) is 0 Å². The van der Waals surface area contributed by atoms with Crippen LogP contribution < -0.4 is 20.3 Å². The highest BCUT2D eigenvalue weighted by Gasteiger charge is 2.34.